The number of benzene rings is 1. The van der Waals surface area contributed by atoms with E-state index in [9.17, 15) is 14.7 Å². The predicted octanol–water partition coefficient (Wildman–Crippen LogP) is 1.20. The molecule has 1 aromatic carbocycles. The predicted molar refractivity (Wildman–Crippen MR) is 99.2 cm³/mol. The van der Waals surface area contributed by atoms with Crippen molar-refractivity contribution in [2.24, 2.45) is 5.92 Å². The number of carbonyl (C=O) groups is 2. The van der Waals surface area contributed by atoms with E-state index >= 15 is 0 Å². The Kier molecular flexibility index (Phi) is 10.3. The van der Waals surface area contributed by atoms with E-state index in [-0.39, 0.29) is 12.5 Å². The van der Waals surface area contributed by atoms with Crippen LogP contribution in [0.3, 0.4) is 0 Å². The van der Waals surface area contributed by atoms with Crippen LogP contribution < -0.4 is 15.4 Å². The minimum Gasteiger partial charge on any atom is -0.491 e. The molecule has 4 N–H and O–H groups in total. The maximum atomic E-state index is 11.3. The van der Waals surface area contributed by atoms with Gasteiger partial charge in [-0.05, 0) is 24.5 Å². The quantitative estimate of drug-likeness (QED) is 0.391. The van der Waals surface area contributed by atoms with Crippen LogP contribution in [0.2, 0.25) is 0 Å². The SMILES string of the molecule is CCCC(=O)NCCNCC(O)COc1ccccc1CC(C)C(=O)O. The third-order valence-electron chi connectivity index (χ3n) is 3.83. The number of para-hydroxylation sites is 1. The Bertz CT molecular complexity index is 565. The van der Waals surface area contributed by atoms with Gasteiger partial charge in [0.1, 0.15) is 18.5 Å². The summed E-state index contributed by atoms with van der Waals surface area (Å²) >= 11 is 0. The summed E-state index contributed by atoms with van der Waals surface area (Å²) < 4.78 is 5.65. The van der Waals surface area contributed by atoms with E-state index in [0.29, 0.717) is 38.2 Å². The summed E-state index contributed by atoms with van der Waals surface area (Å²) in [6, 6.07) is 7.25. The maximum Gasteiger partial charge on any atom is 0.306 e. The second-order valence-corrected chi connectivity index (χ2v) is 6.32. The normalized spacial score (nSPS) is 13.0. The molecule has 0 saturated carbocycles. The van der Waals surface area contributed by atoms with Gasteiger partial charge >= 0.3 is 5.97 Å². The van der Waals surface area contributed by atoms with Crippen LogP contribution in [0.15, 0.2) is 24.3 Å². The number of aliphatic carboxylic acids is 1. The van der Waals surface area contributed by atoms with Crippen LogP contribution in [0.5, 0.6) is 5.75 Å². The number of hydrogen-bond acceptors (Lipinski definition) is 5. The summed E-state index contributed by atoms with van der Waals surface area (Å²) in [6.07, 6.45) is 1.02. The summed E-state index contributed by atoms with van der Waals surface area (Å²) in [5, 5.41) is 24.9. The average molecular weight is 366 g/mol. The molecular formula is C19H30N2O5. The highest BCUT2D eigenvalue weighted by Gasteiger charge is 2.15. The van der Waals surface area contributed by atoms with Gasteiger partial charge in [0.05, 0.1) is 5.92 Å². The highest BCUT2D eigenvalue weighted by Crippen LogP contribution is 2.21. The lowest BCUT2D eigenvalue weighted by Crippen LogP contribution is -2.37. The molecule has 0 fully saturated rings. The number of ether oxygens (including phenoxy) is 1. The Balaban J connectivity index is 2.31. The van der Waals surface area contributed by atoms with Crippen molar-refractivity contribution < 1.29 is 24.5 Å². The summed E-state index contributed by atoms with van der Waals surface area (Å²) in [4.78, 5) is 22.3. The highest BCUT2D eigenvalue weighted by atomic mass is 16.5. The molecule has 2 unspecified atom stereocenters. The smallest absolute Gasteiger partial charge is 0.306 e. The third-order valence-corrected chi connectivity index (χ3v) is 3.83. The average Bonchev–Trinajstić information content (AvgIpc) is 2.60. The zero-order valence-corrected chi connectivity index (χ0v) is 15.5. The Morgan fingerprint density at radius 1 is 1.23 bits per heavy atom. The lowest BCUT2D eigenvalue weighted by molar-refractivity contribution is -0.141. The number of aliphatic hydroxyl groups is 1. The number of carboxylic acids is 1. The molecule has 0 aromatic heterocycles. The van der Waals surface area contributed by atoms with Crippen molar-refractivity contribution in [2.45, 2.75) is 39.2 Å². The molecule has 0 aliphatic heterocycles. The molecule has 0 bridgehead atoms. The van der Waals surface area contributed by atoms with Crippen LogP contribution in [0, 0.1) is 5.92 Å². The first-order valence-electron chi connectivity index (χ1n) is 9.03. The molecule has 1 amide bonds. The highest BCUT2D eigenvalue weighted by molar-refractivity contribution is 5.75. The van der Waals surface area contributed by atoms with Gasteiger partial charge in [0.25, 0.3) is 0 Å². The molecule has 0 saturated heterocycles. The molecule has 7 nitrogen and oxygen atoms in total. The monoisotopic (exact) mass is 366 g/mol. The standard InChI is InChI=1S/C19H30N2O5/c1-3-6-18(23)21-10-9-20-12-16(22)13-26-17-8-5-4-7-15(17)11-14(2)19(24)25/h4-5,7-8,14,16,20,22H,3,6,9-13H2,1-2H3,(H,21,23)(H,24,25). The minimum absolute atomic E-state index is 0.0328. The Morgan fingerprint density at radius 3 is 2.65 bits per heavy atom. The van der Waals surface area contributed by atoms with E-state index in [1.54, 1.807) is 13.0 Å². The second kappa shape index (κ2) is 12.3. The van der Waals surface area contributed by atoms with Crippen LogP contribution in [0.4, 0.5) is 0 Å². The number of carboxylic acid groups (broad SMARTS) is 1. The van der Waals surface area contributed by atoms with E-state index in [2.05, 4.69) is 10.6 Å². The fourth-order valence-electron chi connectivity index (χ4n) is 2.35. The van der Waals surface area contributed by atoms with Crippen molar-refractivity contribution in [1.82, 2.24) is 10.6 Å². The molecular weight excluding hydrogens is 336 g/mol. The number of nitrogens with one attached hydrogen (secondary N) is 2. The van der Waals surface area contributed by atoms with Crippen molar-refractivity contribution in [2.75, 3.05) is 26.2 Å². The number of carbonyl (C=O) groups excluding carboxylic acids is 1. The minimum atomic E-state index is -0.852. The van der Waals surface area contributed by atoms with Crippen molar-refractivity contribution >= 4 is 11.9 Å². The van der Waals surface area contributed by atoms with Gasteiger partial charge < -0.3 is 25.6 Å². The molecule has 7 heteroatoms. The molecule has 1 aromatic rings. The summed E-state index contributed by atoms with van der Waals surface area (Å²) in [6.45, 7) is 5.14. The molecule has 1 rings (SSSR count). The van der Waals surface area contributed by atoms with Crippen molar-refractivity contribution in [3.8, 4) is 5.75 Å². The number of amides is 1. The third kappa shape index (κ3) is 8.82. The summed E-state index contributed by atoms with van der Waals surface area (Å²) in [7, 11) is 0. The van der Waals surface area contributed by atoms with Gasteiger partial charge in [0.15, 0.2) is 0 Å². The van der Waals surface area contributed by atoms with Crippen molar-refractivity contribution in [3.63, 3.8) is 0 Å². The van der Waals surface area contributed by atoms with E-state index in [1.807, 2.05) is 25.1 Å². The first-order chi connectivity index (χ1) is 12.4. The lowest BCUT2D eigenvalue weighted by atomic mass is 10.0. The fourth-order valence-corrected chi connectivity index (χ4v) is 2.35. The Hall–Kier alpha value is -2.12. The Morgan fingerprint density at radius 2 is 1.96 bits per heavy atom. The number of hydrogen-bond donors (Lipinski definition) is 4. The van der Waals surface area contributed by atoms with Gasteiger partial charge in [-0.25, -0.2) is 0 Å². The van der Waals surface area contributed by atoms with Gasteiger partial charge in [-0.2, -0.15) is 0 Å². The van der Waals surface area contributed by atoms with Gasteiger partial charge in [0, 0.05) is 26.1 Å². The van der Waals surface area contributed by atoms with Crippen molar-refractivity contribution in [1.29, 1.82) is 0 Å². The molecule has 0 heterocycles. The number of aliphatic hydroxyl groups excluding tert-OH is 1. The molecule has 26 heavy (non-hydrogen) atoms. The zero-order chi connectivity index (χ0) is 19.4. The molecule has 0 aliphatic rings. The van der Waals surface area contributed by atoms with Crippen LogP contribution in [-0.2, 0) is 16.0 Å². The van der Waals surface area contributed by atoms with Crippen LogP contribution in [0.1, 0.15) is 32.3 Å². The molecule has 0 aliphatic carbocycles. The van der Waals surface area contributed by atoms with Crippen LogP contribution in [-0.4, -0.2) is 54.4 Å². The molecule has 0 spiro atoms. The van der Waals surface area contributed by atoms with Gasteiger partial charge in [-0.1, -0.05) is 32.0 Å². The Labute approximate surface area is 154 Å². The zero-order valence-electron chi connectivity index (χ0n) is 15.5. The lowest BCUT2D eigenvalue weighted by Gasteiger charge is -2.16. The maximum absolute atomic E-state index is 11.3. The van der Waals surface area contributed by atoms with Gasteiger partial charge in [0.2, 0.25) is 5.91 Å². The molecule has 0 radical (unpaired) electrons. The number of rotatable bonds is 13. The van der Waals surface area contributed by atoms with E-state index in [1.165, 1.54) is 0 Å². The fraction of sp³-hybridized carbons (Fsp3) is 0.579. The second-order valence-electron chi connectivity index (χ2n) is 6.32. The molecule has 146 valence electrons. The summed E-state index contributed by atoms with van der Waals surface area (Å²) in [5.74, 6) is -0.735. The van der Waals surface area contributed by atoms with E-state index in [0.717, 1.165) is 12.0 Å². The first-order valence-corrected chi connectivity index (χ1v) is 9.03. The first kappa shape index (κ1) is 21.9. The van der Waals surface area contributed by atoms with Crippen molar-refractivity contribution in [3.05, 3.63) is 29.8 Å². The largest absolute Gasteiger partial charge is 0.491 e. The van der Waals surface area contributed by atoms with Crippen LogP contribution in [0.25, 0.3) is 0 Å². The molecule has 2 atom stereocenters. The topological polar surface area (TPSA) is 108 Å². The van der Waals surface area contributed by atoms with Gasteiger partial charge in [-0.3, -0.25) is 9.59 Å². The summed E-state index contributed by atoms with van der Waals surface area (Å²) in [5.41, 5.74) is 0.807. The van der Waals surface area contributed by atoms with E-state index < -0.39 is 18.0 Å². The van der Waals surface area contributed by atoms with E-state index in [4.69, 9.17) is 9.84 Å². The van der Waals surface area contributed by atoms with Gasteiger partial charge in [-0.15, -0.1) is 0 Å². The van der Waals surface area contributed by atoms with Crippen LogP contribution >= 0.6 is 0 Å².